The first kappa shape index (κ1) is 16.5. The Hall–Kier alpha value is -0.560. The molecule has 0 heterocycles. The molecule has 1 atom stereocenters. The first-order valence-electron chi connectivity index (χ1n) is 5.12. The molecule has 1 aromatic rings. The Morgan fingerprint density at radius 2 is 1.84 bits per heavy atom. The second-order valence-corrected chi connectivity index (χ2v) is 4.95. The van der Waals surface area contributed by atoms with Crippen molar-refractivity contribution in [3.63, 3.8) is 0 Å². The summed E-state index contributed by atoms with van der Waals surface area (Å²) in [6.07, 6.45) is -5.73. The van der Waals surface area contributed by atoms with E-state index < -0.39 is 23.0 Å². The fourth-order valence-electron chi connectivity index (χ4n) is 1.34. The monoisotopic (exact) mass is 366 g/mol. The molecule has 0 amide bonds. The molecular formula is C11H9BrClF5O. The molecule has 0 N–H and O–H groups in total. The number of hydrogen-bond donors (Lipinski definition) is 0. The van der Waals surface area contributed by atoms with Crippen LogP contribution >= 0.6 is 27.5 Å². The number of benzene rings is 1. The molecule has 8 heteroatoms. The van der Waals surface area contributed by atoms with Crippen LogP contribution in [0, 0.1) is 0 Å². The zero-order chi connectivity index (χ0) is 14.8. The minimum absolute atomic E-state index is 0.102. The maximum atomic E-state index is 13.2. The number of rotatable bonds is 4. The minimum Gasteiger partial charge on any atom is -0.494 e. The van der Waals surface area contributed by atoms with Gasteiger partial charge < -0.3 is 4.74 Å². The van der Waals surface area contributed by atoms with E-state index in [1.807, 2.05) is 0 Å². The molecule has 0 spiro atoms. The Bertz CT molecular complexity index is 449. The molecule has 0 saturated heterocycles. The van der Waals surface area contributed by atoms with Gasteiger partial charge in [0.15, 0.2) is 0 Å². The molecule has 0 aliphatic heterocycles. The van der Waals surface area contributed by atoms with Gasteiger partial charge in [0, 0.05) is 10.0 Å². The predicted molar refractivity (Wildman–Crippen MR) is 64.9 cm³/mol. The lowest BCUT2D eigenvalue weighted by molar-refractivity contribution is -0.283. The topological polar surface area (TPSA) is 9.23 Å². The van der Waals surface area contributed by atoms with E-state index in [0.717, 1.165) is 6.07 Å². The third-order valence-corrected chi connectivity index (χ3v) is 3.24. The van der Waals surface area contributed by atoms with Gasteiger partial charge in [-0.05, 0) is 25.1 Å². The highest BCUT2D eigenvalue weighted by molar-refractivity contribution is 9.10. The Labute approximate surface area is 119 Å². The highest BCUT2D eigenvalue weighted by Gasteiger charge is 2.62. The van der Waals surface area contributed by atoms with Gasteiger partial charge in [-0.25, -0.2) is 0 Å². The molecule has 0 fully saturated rings. The quantitative estimate of drug-likeness (QED) is 0.516. The molecule has 0 aliphatic carbocycles. The fourth-order valence-corrected chi connectivity index (χ4v) is 2.02. The molecule has 108 valence electrons. The Morgan fingerprint density at radius 1 is 1.26 bits per heavy atom. The van der Waals surface area contributed by atoms with Crippen LogP contribution in [0.25, 0.3) is 0 Å². The van der Waals surface area contributed by atoms with Gasteiger partial charge >= 0.3 is 12.1 Å². The molecule has 1 nitrogen and oxygen atoms in total. The summed E-state index contributed by atoms with van der Waals surface area (Å²) in [6.45, 7) is 1.70. The summed E-state index contributed by atoms with van der Waals surface area (Å²) in [5.41, 5.74) is -0.416. The van der Waals surface area contributed by atoms with Crippen LogP contribution in [0.15, 0.2) is 22.7 Å². The van der Waals surface area contributed by atoms with Crippen molar-refractivity contribution in [3.8, 4) is 5.75 Å². The van der Waals surface area contributed by atoms with Crippen LogP contribution in [-0.4, -0.2) is 18.7 Å². The normalized spacial score (nSPS) is 14.3. The van der Waals surface area contributed by atoms with Gasteiger partial charge in [0.25, 0.3) is 0 Å². The zero-order valence-electron chi connectivity index (χ0n) is 9.57. The lowest BCUT2D eigenvalue weighted by atomic mass is 10.0. The van der Waals surface area contributed by atoms with E-state index >= 15 is 0 Å². The van der Waals surface area contributed by atoms with E-state index in [1.54, 1.807) is 6.92 Å². The molecule has 1 aromatic carbocycles. The van der Waals surface area contributed by atoms with Crippen molar-refractivity contribution in [1.82, 2.24) is 0 Å². The van der Waals surface area contributed by atoms with Gasteiger partial charge in [-0.1, -0.05) is 15.9 Å². The molecule has 0 aliphatic rings. The van der Waals surface area contributed by atoms with Crippen molar-refractivity contribution in [2.75, 3.05) is 6.61 Å². The maximum Gasteiger partial charge on any atom is 0.455 e. The van der Waals surface area contributed by atoms with Crippen molar-refractivity contribution < 1.29 is 26.7 Å². The van der Waals surface area contributed by atoms with Crippen LogP contribution in [0.1, 0.15) is 17.9 Å². The van der Waals surface area contributed by atoms with Crippen LogP contribution < -0.4 is 4.74 Å². The number of halogens is 7. The second-order valence-electron chi connectivity index (χ2n) is 3.60. The molecule has 0 aromatic heterocycles. The summed E-state index contributed by atoms with van der Waals surface area (Å²) >= 11 is 8.32. The van der Waals surface area contributed by atoms with Crippen molar-refractivity contribution in [2.45, 2.75) is 24.4 Å². The first-order chi connectivity index (χ1) is 8.61. The minimum atomic E-state index is -5.73. The van der Waals surface area contributed by atoms with Crippen LogP contribution in [0.4, 0.5) is 22.0 Å². The van der Waals surface area contributed by atoms with Gasteiger partial charge in [-0.15, -0.1) is 11.6 Å². The molecule has 1 unspecified atom stereocenters. The summed E-state index contributed by atoms with van der Waals surface area (Å²) in [5, 5.41) is -2.56. The van der Waals surface area contributed by atoms with Crippen LogP contribution in [0.3, 0.4) is 0 Å². The number of ether oxygens (including phenoxy) is 1. The Morgan fingerprint density at radius 3 is 2.32 bits per heavy atom. The third kappa shape index (κ3) is 3.51. The fraction of sp³-hybridized carbons (Fsp3) is 0.455. The van der Waals surface area contributed by atoms with Gasteiger partial charge in [-0.3, -0.25) is 0 Å². The van der Waals surface area contributed by atoms with Crippen molar-refractivity contribution in [3.05, 3.63) is 28.2 Å². The van der Waals surface area contributed by atoms with Gasteiger partial charge in [0.2, 0.25) is 0 Å². The summed E-state index contributed by atoms with van der Waals surface area (Å²) < 4.78 is 68.7. The van der Waals surface area contributed by atoms with Crippen LogP contribution in [0.2, 0.25) is 0 Å². The van der Waals surface area contributed by atoms with Gasteiger partial charge in [0.05, 0.1) is 6.61 Å². The lowest BCUT2D eigenvalue weighted by Gasteiger charge is -2.25. The SMILES string of the molecule is CCOc1ccc(Br)cc1C(Cl)C(F)(F)C(F)(F)F. The Kier molecular flexibility index (Phi) is 5.06. The largest absolute Gasteiger partial charge is 0.494 e. The van der Waals surface area contributed by atoms with Crippen molar-refractivity contribution in [2.24, 2.45) is 0 Å². The predicted octanol–water partition coefficient (Wildman–Crippen LogP) is 5.33. The van der Waals surface area contributed by atoms with E-state index in [4.69, 9.17) is 16.3 Å². The molecular weight excluding hydrogens is 358 g/mol. The standard InChI is InChI=1S/C11H9BrClF5O/c1-2-19-8-4-3-6(12)5-7(8)9(13)10(14,15)11(16,17)18/h3-5,9H,2H2,1H3. The Balaban J connectivity index is 3.25. The van der Waals surface area contributed by atoms with E-state index in [2.05, 4.69) is 15.9 Å². The first-order valence-corrected chi connectivity index (χ1v) is 6.35. The van der Waals surface area contributed by atoms with Gasteiger partial charge in [0.1, 0.15) is 11.1 Å². The van der Waals surface area contributed by atoms with Crippen molar-refractivity contribution in [1.29, 1.82) is 0 Å². The average Bonchev–Trinajstić information content (AvgIpc) is 2.29. The van der Waals surface area contributed by atoms with E-state index in [-0.39, 0.29) is 12.4 Å². The summed E-state index contributed by atoms with van der Waals surface area (Å²) in [6, 6.07) is 3.83. The molecule has 0 radical (unpaired) electrons. The highest BCUT2D eigenvalue weighted by Crippen LogP contribution is 2.50. The number of hydrogen-bond acceptors (Lipinski definition) is 1. The summed E-state index contributed by atoms with van der Waals surface area (Å²) in [5.74, 6) is -5.16. The highest BCUT2D eigenvalue weighted by atomic mass is 79.9. The third-order valence-electron chi connectivity index (χ3n) is 2.24. The van der Waals surface area contributed by atoms with E-state index in [1.165, 1.54) is 12.1 Å². The molecule has 1 rings (SSSR count). The van der Waals surface area contributed by atoms with Crippen LogP contribution in [0.5, 0.6) is 5.75 Å². The van der Waals surface area contributed by atoms with E-state index in [9.17, 15) is 22.0 Å². The molecule has 0 saturated carbocycles. The zero-order valence-corrected chi connectivity index (χ0v) is 11.9. The summed E-state index contributed by atoms with van der Waals surface area (Å²) in [7, 11) is 0. The van der Waals surface area contributed by atoms with E-state index in [0.29, 0.717) is 4.47 Å². The average molecular weight is 368 g/mol. The van der Waals surface area contributed by atoms with Gasteiger partial charge in [-0.2, -0.15) is 22.0 Å². The number of alkyl halides is 6. The smallest absolute Gasteiger partial charge is 0.455 e. The van der Waals surface area contributed by atoms with Crippen molar-refractivity contribution >= 4 is 27.5 Å². The molecule has 0 bridgehead atoms. The van der Waals surface area contributed by atoms with Crippen LogP contribution in [-0.2, 0) is 0 Å². The molecule has 19 heavy (non-hydrogen) atoms. The second kappa shape index (κ2) is 5.83. The maximum absolute atomic E-state index is 13.2. The summed E-state index contributed by atoms with van der Waals surface area (Å²) in [4.78, 5) is 0. The lowest BCUT2D eigenvalue weighted by Crippen LogP contribution is -2.40.